The molecule has 0 heterocycles. The fourth-order valence-corrected chi connectivity index (χ4v) is 0.841. The minimum atomic E-state index is 0.0813. The summed E-state index contributed by atoms with van der Waals surface area (Å²) in [7, 11) is 0. The molecule has 0 aliphatic carbocycles. The van der Waals surface area contributed by atoms with Gasteiger partial charge in [-0.1, -0.05) is 26.7 Å². The lowest BCUT2D eigenvalue weighted by atomic mass is 10.2. The van der Waals surface area contributed by atoms with E-state index >= 15 is 0 Å². The van der Waals surface area contributed by atoms with Crippen molar-refractivity contribution in [2.45, 2.75) is 52.5 Å². The Balaban J connectivity index is 3.33. The third-order valence-electron chi connectivity index (χ3n) is 1.89. The lowest BCUT2D eigenvalue weighted by Crippen LogP contribution is -2.31. The van der Waals surface area contributed by atoms with Crippen molar-refractivity contribution >= 4 is 5.91 Å². The number of amides is 1. The van der Waals surface area contributed by atoms with Crippen molar-refractivity contribution in [2.75, 3.05) is 0 Å². The Morgan fingerprint density at radius 1 is 1.50 bits per heavy atom. The zero-order valence-corrected chi connectivity index (χ0v) is 8.39. The number of hydrogen-bond donors (Lipinski definition) is 1. The van der Waals surface area contributed by atoms with Crippen LogP contribution in [0.2, 0.25) is 0 Å². The highest BCUT2D eigenvalue weighted by Crippen LogP contribution is 1.98. The van der Waals surface area contributed by atoms with E-state index in [4.69, 9.17) is 0 Å². The van der Waals surface area contributed by atoms with E-state index in [1.807, 2.05) is 6.92 Å². The van der Waals surface area contributed by atoms with Gasteiger partial charge in [0.25, 0.3) is 0 Å². The lowest BCUT2D eigenvalue weighted by molar-refractivity contribution is -0.118. The first kappa shape index (κ1) is 11.5. The van der Waals surface area contributed by atoms with Crippen molar-refractivity contribution in [1.82, 2.24) is 5.32 Å². The normalized spacial score (nSPS) is 12.6. The summed E-state index contributed by atoms with van der Waals surface area (Å²) in [5.74, 6) is 0.0813. The van der Waals surface area contributed by atoms with E-state index in [1.54, 1.807) is 6.42 Å². The molecule has 0 aliphatic rings. The molecule has 12 heavy (non-hydrogen) atoms. The summed E-state index contributed by atoms with van der Waals surface area (Å²) in [6.45, 7) is 6.21. The largest absolute Gasteiger partial charge is 0.353 e. The molecule has 71 valence electrons. The van der Waals surface area contributed by atoms with Crippen molar-refractivity contribution < 1.29 is 4.79 Å². The zero-order valence-electron chi connectivity index (χ0n) is 8.39. The number of carbonyl (C=O) groups excluding carboxylic acids is 1. The highest BCUT2D eigenvalue weighted by molar-refractivity contribution is 5.84. The molecule has 1 unspecified atom stereocenters. The molecule has 0 fully saturated rings. The fourth-order valence-electron chi connectivity index (χ4n) is 0.841. The van der Waals surface area contributed by atoms with Gasteiger partial charge < -0.3 is 5.32 Å². The van der Waals surface area contributed by atoms with Gasteiger partial charge in [-0.2, -0.15) is 0 Å². The number of rotatable bonds is 6. The van der Waals surface area contributed by atoms with Crippen LogP contribution in [0.3, 0.4) is 0 Å². The Labute approximate surface area is 75.7 Å². The molecule has 2 nitrogen and oxygen atoms in total. The highest BCUT2D eigenvalue weighted by atomic mass is 16.1. The van der Waals surface area contributed by atoms with Gasteiger partial charge in [-0.25, -0.2) is 0 Å². The second kappa shape index (κ2) is 7.14. The Morgan fingerprint density at radius 2 is 2.17 bits per heavy atom. The first-order chi connectivity index (χ1) is 5.70. The molecule has 1 atom stereocenters. The van der Waals surface area contributed by atoms with Gasteiger partial charge in [0.15, 0.2) is 0 Å². The second-order valence-electron chi connectivity index (χ2n) is 3.16. The van der Waals surface area contributed by atoms with Gasteiger partial charge in [-0.3, -0.25) is 4.79 Å². The van der Waals surface area contributed by atoms with Crippen LogP contribution in [0.5, 0.6) is 0 Å². The Hall–Kier alpha value is -0.530. The van der Waals surface area contributed by atoms with Gasteiger partial charge in [-0.15, -0.1) is 0 Å². The third-order valence-corrected chi connectivity index (χ3v) is 1.89. The molecule has 0 aromatic rings. The number of carbonyl (C=O) groups is 1. The van der Waals surface area contributed by atoms with Crippen LogP contribution in [-0.2, 0) is 4.79 Å². The van der Waals surface area contributed by atoms with Gasteiger partial charge in [0.2, 0.25) is 5.91 Å². The number of unbranched alkanes of at least 4 members (excludes halogenated alkanes) is 2. The predicted molar refractivity (Wildman–Crippen MR) is 51.7 cm³/mol. The lowest BCUT2D eigenvalue weighted by Gasteiger charge is -2.10. The molecule has 0 rings (SSSR count). The van der Waals surface area contributed by atoms with Crippen LogP contribution < -0.4 is 5.32 Å². The summed E-state index contributed by atoms with van der Waals surface area (Å²) in [4.78, 5) is 11.1. The molecule has 0 bridgehead atoms. The number of hydrogen-bond acceptors (Lipinski definition) is 1. The van der Waals surface area contributed by atoms with Crippen LogP contribution in [0.15, 0.2) is 0 Å². The number of nitrogens with one attached hydrogen (secondary N) is 1. The first-order valence-corrected chi connectivity index (χ1v) is 4.84. The van der Waals surface area contributed by atoms with Gasteiger partial charge in [0.1, 0.15) is 0 Å². The van der Waals surface area contributed by atoms with Gasteiger partial charge in [0, 0.05) is 12.5 Å². The molecular weight excluding hydrogens is 150 g/mol. The minimum absolute atomic E-state index is 0.0813. The van der Waals surface area contributed by atoms with E-state index in [1.165, 1.54) is 0 Å². The monoisotopic (exact) mass is 170 g/mol. The molecule has 0 spiro atoms. The molecule has 1 N–H and O–H groups in total. The van der Waals surface area contributed by atoms with Gasteiger partial charge in [-0.05, 0) is 19.8 Å². The first-order valence-electron chi connectivity index (χ1n) is 4.84. The summed E-state index contributed by atoms with van der Waals surface area (Å²) in [5.41, 5.74) is 0. The summed E-state index contributed by atoms with van der Waals surface area (Å²) in [6, 6.07) is 0.301. The van der Waals surface area contributed by atoms with E-state index in [9.17, 15) is 4.79 Å². The van der Waals surface area contributed by atoms with Crippen molar-refractivity contribution in [1.29, 1.82) is 0 Å². The van der Waals surface area contributed by atoms with Crippen LogP contribution in [0.1, 0.15) is 46.5 Å². The Morgan fingerprint density at radius 3 is 2.67 bits per heavy atom. The van der Waals surface area contributed by atoms with Crippen molar-refractivity contribution in [3.8, 4) is 0 Å². The summed E-state index contributed by atoms with van der Waals surface area (Å²) in [6.07, 6.45) is 5.89. The quantitative estimate of drug-likeness (QED) is 0.609. The van der Waals surface area contributed by atoms with Crippen molar-refractivity contribution in [3.05, 3.63) is 6.42 Å². The average molecular weight is 170 g/mol. The van der Waals surface area contributed by atoms with E-state index in [2.05, 4.69) is 19.2 Å². The highest BCUT2D eigenvalue weighted by Gasteiger charge is 2.04. The maximum absolute atomic E-state index is 11.1. The maximum Gasteiger partial charge on any atom is 0.224 e. The van der Waals surface area contributed by atoms with Crippen LogP contribution in [0.4, 0.5) is 0 Å². The van der Waals surface area contributed by atoms with E-state index < -0.39 is 0 Å². The summed E-state index contributed by atoms with van der Waals surface area (Å²) in [5, 5.41) is 2.89. The molecular formula is C10H20NO. The second-order valence-corrected chi connectivity index (χ2v) is 3.16. The van der Waals surface area contributed by atoms with Crippen LogP contribution >= 0.6 is 0 Å². The van der Waals surface area contributed by atoms with Gasteiger partial charge >= 0.3 is 0 Å². The Kier molecular flexibility index (Phi) is 6.82. The van der Waals surface area contributed by atoms with E-state index in [-0.39, 0.29) is 5.91 Å². The van der Waals surface area contributed by atoms with E-state index in [0.717, 1.165) is 25.7 Å². The summed E-state index contributed by atoms with van der Waals surface area (Å²) < 4.78 is 0. The maximum atomic E-state index is 11.1. The predicted octanol–water partition coefficient (Wildman–Crippen LogP) is 2.30. The van der Waals surface area contributed by atoms with Crippen LogP contribution in [-0.4, -0.2) is 11.9 Å². The summed E-state index contributed by atoms with van der Waals surface area (Å²) >= 11 is 0. The molecule has 0 saturated carbocycles. The van der Waals surface area contributed by atoms with Gasteiger partial charge in [0.05, 0.1) is 0 Å². The standard InChI is InChI=1S/C10H20NO/c1-4-6-7-8-10(12)11-9(3)5-2/h8-9H,4-7H2,1-3H3,(H,11,12). The molecule has 2 heteroatoms. The van der Waals surface area contributed by atoms with Crippen LogP contribution in [0.25, 0.3) is 0 Å². The molecule has 1 amide bonds. The smallest absolute Gasteiger partial charge is 0.224 e. The SMILES string of the molecule is CCCC[CH]C(=O)NC(C)CC. The average Bonchev–Trinajstić information content (AvgIpc) is 2.05. The third kappa shape index (κ3) is 6.20. The minimum Gasteiger partial charge on any atom is -0.353 e. The van der Waals surface area contributed by atoms with Crippen molar-refractivity contribution in [2.24, 2.45) is 0 Å². The fraction of sp³-hybridized carbons (Fsp3) is 0.800. The zero-order chi connectivity index (χ0) is 9.40. The molecule has 0 aromatic heterocycles. The van der Waals surface area contributed by atoms with Crippen molar-refractivity contribution in [3.63, 3.8) is 0 Å². The molecule has 0 saturated heterocycles. The molecule has 0 aromatic carbocycles. The Bertz CT molecular complexity index is 123. The van der Waals surface area contributed by atoms with E-state index in [0.29, 0.717) is 6.04 Å². The van der Waals surface area contributed by atoms with Crippen LogP contribution in [0, 0.1) is 6.42 Å². The molecule has 0 aliphatic heterocycles. The molecule has 1 radical (unpaired) electrons. The topological polar surface area (TPSA) is 29.1 Å².